The van der Waals surface area contributed by atoms with Crippen LogP contribution in [0.3, 0.4) is 0 Å². The summed E-state index contributed by atoms with van der Waals surface area (Å²) in [7, 11) is 0. The molecule has 1 rings (SSSR count). The quantitative estimate of drug-likeness (QED) is 0.592. The molecule has 0 aromatic heterocycles. The number of amides is 2. The molecule has 0 atom stereocenters. The number of nitrogens with zero attached hydrogens (tertiary/aromatic N) is 2. The van der Waals surface area contributed by atoms with Gasteiger partial charge in [-0.05, 0) is 13.0 Å². The fourth-order valence-electron chi connectivity index (χ4n) is 1.49. The van der Waals surface area contributed by atoms with E-state index >= 15 is 0 Å². The molecule has 1 aliphatic rings. The van der Waals surface area contributed by atoms with Crippen molar-refractivity contribution in [2.75, 3.05) is 32.7 Å². The average Bonchev–Trinajstić information content (AvgIpc) is 2.26. The predicted molar refractivity (Wildman–Crippen MR) is 52.5 cm³/mol. The molecule has 2 amide bonds. The fourth-order valence-corrected chi connectivity index (χ4v) is 1.49. The Labute approximate surface area is 83.8 Å². The zero-order chi connectivity index (χ0) is 10.4. The third kappa shape index (κ3) is 2.99. The van der Waals surface area contributed by atoms with Crippen LogP contribution < -0.4 is 5.73 Å². The molecule has 0 aromatic carbocycles. The van der Waals surface area contributed by atoms with E-state index in [2.05, 4.69) is 0 Å². The number of carbonyl (C=O) groups excluding carboxylic acids is 2. The van der Waals surface area contributed by atoms with E-state index < -0.39 is 0 Å². The molecule has 0 bridgehead atoms. The summed E-state index contributed by atoms with van der Waals surface area (Å²) in [5.41, 5.74) is 5.32. The van der Waals surface area contributed by atoms with Crippen LogP contribution in [0.25, 0.3) is 0 Å². The molecular formula is C9H17N3O2. The highest BCUT2D eigenvalue weighted by Crippen LogP contribution is 2.03. The van der Waals surface area contributed by atoms with Crippen LogP contribution >= 0.6 is 0 Å². The van der Waals surface area contributed by atoms with Gasteiger partial charge in [-0.3, -0.25) is 9.59 Å². The standard InChI is InChI=1S/C9H17N3O2/c10-3-1-2-9(14)12-6-4-11(8-13)5-7-12/h8H,1-7,10H2. The molecule has 14 heavy (non-hydrogen) atoms. The first-order valence-corrected chi connectivity index (χ1v) is 4.95. The Morgan fingerprint density at radius 1 is 1.29 bits per heavy atom. The van der Waals surface area contributed by atoms with Gasteiger partial charge in [0, 0.05) is 32.6 Å². The molecule has 2 N–H and O–H groups in total. The zero-order valence-electron chi connectivity index (χ0n) is 8.32. The molecule has 1 fully saturated rings. The van der Waals surface area contributed by atoms with Crippen molar-refractivity contribution < 1.29 is 9.59 Å². The molecular weight excluding hydrogens is 182 g/mol. The highest BCUT2D eigenvalue weighted by Gasteiger charge is 2.19. The summed E-state index contributed by atoms with van der Waals surface area (Å²) in [6.07, 6.45) is 2.10. The number of nitrogens with two attached hydrogens (primary N) is 1. The number of hydrogen-bond acceptors (Lipinski definition) is 3. The van der Waals surface area contributed by atoms with Gasteiger partial charge in [0.25, 0.3) is 0 Å². The summed E-state index contributed by atoms with van der Waals surface area (Å²) in [6, 6.07) is 0. The van der Waals surface area contributed by atoms with E-state index in [-0.39, 0.29) is 5.91 Å². The SMILES string of the molecule is NCCCC(=O)N1CCN(C=O)CC1. The normalized spacial score (nSPS) is 16.9. The molecule has 0 aromatic rings. The third-order valence-corrected chi connectivity index (χ3v) is 2.41. The van der Waals surface area contributed by atoms with Gasteiger partial charge in [0.2, 0.25) is 12.3 Å². The first-order chi connectivity index (χ1) is 6.77. The van der Waals surface area contributed by atoms with Gasteiger partial charge in [-0.15, -0.1) is 0 Å². The molecule has 0 radical (unpaired) electrons. The number of rotatable bonds is 4. The second kappa shape index (κ2) is 5.59. The van der Waals surface area contributed by atoms with Crippen molar-refractivity contribution in [1.29, 1.82) is 0 Å². The summed E-state index contributed by atoms with van der Waals surface area (Å²) in [6.45, 7) is 3.17. The molecule has 0 aliphatic carbocycles. The molecule has 1 saturated heterocycles. The van der Waals surface area contributed by atoms with Crippen LogP contribution in [0.4, 0.5) is 0 Å². The van der Waals surface area contributed by atoms with Crippen molar-refractivity contribution in [3.63, 3.8) is 0 Å². The molecule has 5 nitrogen and oxygen atoms in total. The lowest BCUT2D eigenvalue weighted by Crippen LogP contribution is -2.48. The highest BCUT2D eigenvalue weighted by atomic mass is 16.2. The maximum absolute atomic E-state index is 11.5. The largest absolute Gasteiger partial charge is 0.342 e. The Hall–Kier alpha value is -1.10. The minimum Gasteiger partial charge on any atom is -0.342 e. The van der Waals surface area contributed by atoms with Gasteiger partial charge in [0.05, 0.1) is 0 Å². The average molecular weight is 199 g/mol. The van der Waals surface area contributed by atoms with E-state index in [1.54, 1.807) is 9.80 Å². The first-order valence-electron chi connectivity index (χ1n) is 4.95. The van der Waals surface area contributed by atoms with Crippen LogP contribution in [0.1, 0.15) is 12.8 Å². The molecule has 5 heteroatoms. The Bertz CT molecular complexity index is 200. The van der Waals surface area contributed by atoms with Crippen molar-refractivity contribution in [1.82, 2.24) is 9.80 Å². The minimum atomic E-state index is 0.154. The predicted octanol–water partition coefficient (Wildman–Crippen LogP) is -0.974. The lowest BCUT2D eigenvalue weighted by atomic mass is 10.2. The summed E-state index contributed by atoms with van der Waals surface area (Å²) >= 11 is 0. The smallest absolute Gasteiger partial charge is 0.222 e. The topological polar surface area (TPSA) is 66.6 Å². The number of hydrogen-bond donors (Lipinski definition) is 1. The maximum Gasteiger partial charge on any atom is 0.222 e. The minimum absolute atomic E-state index is 0.154. The summed E-state index contributed by atoms with van der Waals surface area (Å²) in [5.74, 6) is 0.154. The van der Waals surface area contributed by atoms with Gasteiger partial charge in [-0.25, -0.2) is 0 Å². The van der Waals surface area contributed by atoms with Gasteiger partial charge in [0.15, 0.2) is 0 Å². The summed E-state index contributed by atoms with van der Waals surface area (Å²) in [5, 5.41) is 0. The van der Waals surface area contributed by atoms with Crippen molar-refractivity contribution in [2.24, 2.45) is 5.73 Å². The van der Waals surface area contributed by atoms with Crippen molar-refractivity contribution in [3.8, 4) is 0 Å². The van der Waals surface area contributed by atoms with Gasteiger partial charge in [0.1, 0.15) is 0 Å². The van der Waals surface area contributed by atoms with E-state index in [0.29, 0.717) is 39.1 Å². The Morgan fingerprint density at radius 2 is 1.93 bits per heavy atom. The second-order valence-electron chi connectivity index (χ2n) is 3.41. The highest BCUT2D eigenvalue weighted by molar-refractivity contribution is 5.76. The monoisotopic (exact) mass is 199 g/mol. The zero-order valence-corrected chi connectivity index (χ0v) is 8.32. The van der Waals surface area contributed by atoms with Crippen LogP contribution in [-0.2, 0) is 9.59 Å². The van der Waals surface area contributed by atoms with Crippen LogP contribution in [-0.4, -0.2) is 54.8 Å². The number of carbonyl (C=O) groups is 2. The molecule has 0 unspecified atom stereocenters. The van der Waals surface area contributed by atoms with Gasteiger partial charge in [-0.2, -0.15) is 0 Å². The Morgan fingerprint density at radius 3 is 2.43 bits per heavy atom. The fraction of sp³-hybridized carbons (Fsp3) is 0.778. The van der Waals surface area contributed by atoms with Crippen LogP contribution in [0.2, 0.25) is 0 Å². The lowest BCUT2D eigenvalue weighted by Gasteiger charge is -2.32. The van der Waals surface area contributed by atoms with Crippen molar-refractivity contribution in [2.45, 2.75) is 12.8 Å². The molecule has 0 saturated carbocycles. The van der Waals surface area contributed by atoms with Gasteiger partial charge < -0.3 is 15.5 Å². The second-order valence-corrected chi connectivity index (χ2v) is 3.41. The van der Waals surface area contributed by atoms with E-state index in [4.69, 9.17) is 5.73 Å². The van der Waals surface area contributed by atoms with Gasteiger partial charge >= 0.3 is 0 Å². The van der Waals surface area contributed by atoms with Crippen molar-refractivity contribution >= 4 is 12.3 Å². The maximum atomic E-state index is 11.5. The van der Waals surface area contributed by atoms with E-state index in [0.717, 1.165) is 12.8 Å². The molecule has 1 aliphatic heterocycles. The van der Waals surface area contributed by atoms with Gasteiger partial charge in [-0.1, -0.05) is 0 Å². The molecule has 1 heterocycles. The third-order valence-electron chi connectivity index (χ3n) is 2.41. The molecule has 80 valence electrons. The van der Waals surface area contributed by atoms with Crippen molar-refractivity contribution in [3.05, 3.63) is 0 Å². The van der Waals surface area contributed by atoms with E-state index in [1.165, 1.54) is 0 Å². The van der Waals surface area contributed by atoms with E-state index in [1.807, 2.05) is 0 Å². The van der Waals surface area contributed by atoms with Crippen LogP contribution in [0, 0.1) is 0 Å². The Kier molecular flexibility index (Phi) is 4.39. The lowest BCUT2D eigenvalue weighted by molar-refractivity contribution is -0.135. The Balaban J connectivity index is 2.26. The first kappa shape index (κ1) is 11.0. The summed E-state index contributed by atoms with van der Waals surface area (Å²) < 4.78 is 0. The van der Waals surface area contributed by atoms with E-state index in [9.17, 15) is 9.59 Å². The summed E-state index contributed by atoms with van der Waals surface area (Å²) in [4.78, 5) is 25.4. The molecule has 0 spiro atoms. The van der Waals surface area contributed by atoms with Crippen LogP contribution in [0.15, 0.2) is 0 Å². The van der Waals surface area contributed by atoms with Crippen LogP contribution in [0.5, 0.6) is 0 Å². The number of piperazine rings is 1.